The molecule has 0 saturated heterocycles. The average molecular weight is 197 g/mol. The largest absolute Gasteiger partial charge is 0.496 e. The van der Waals surface area contributed by atoms with E-state index < -0.39 is 0 Å². The first kappa shape index (κ1) is 10.7. The first-order chi connectivity index (χ1) is 6.70. The smallest absolute Gasteiger partial charge is 0.148 e. The van der Waals surface area contributed by atoms with Gasteiger partial charge < -0.3 is 20.3 Å². The molecule has 0 fully saturated rings. The van der Waals surface area contributed by atoms with Crippen LogP contribution in [-0.4, -0.2) is 25.4 Å². The molecule has 0 spiro atoms. The molecule has 1 aromatic rings. The lowest BCUT2D eigenvalue weighted by Gasteiger charge is -2.13. The Balaban J connectivity index is 2.99. The lowest BCUT2D eigenvalue weighted by Crippen LogP contribution is -2.05. The number of rotatable bonds is 4. The van der Waals surface area contributed by atoms with Crippen molar-refractivity contribution in [2.75, 3.05) is 26.1 Å². The number of anilines is 1. The number of nitrogens with two attached hydrogens (primary N) is 1. The molecule has 0 amide bonds. The highest BCUT2D eigenvalue weighted by atomic mass is 16.5. The van der Waals surface area contributed by atoms with Crippen molar-refractivity contribution in [3.63, 3.8) is 0 Å². The van der Waals surface area contributed by atoms with E-state index in [9.17, 15) is 0 Å². The van der Waals surface area contributed by atoms with Crippen molar-refractivity contribution in [3.05, 3.63) is 17.7 Å². The molecule has 0 aromatic heterocycles. The molecule has 3 N–H and O–H groups in total. The van der Waals surface area contributed by atoms with Crippen LogP contribution >= 0.6 is 0 Å². The molecule has 0 bridgehead atoms. The minimum atomic E-state index is -0.0317. The van der Waals surface area contributed by atoms with E-state index in [2.05, 4.69) is 0 Å². The van der Waals surface area contributed by atoms with Crippen molar-refractivity contribution < 1.29 is 14.6 Å². The van der Waals surface area contributed by atoms with Gasteiger partial charge in [-0.15, -0.1) is 0 Å². The third-order valence-corrected chi connectivity index (χ3v) is 1.94. The van der Waals surface area contributed by atoms with Crippen molar-refractivity contribution >= 4 is 5.69 Å². The SMILES string of the molecule is COc1ccc(N)c(OCCO)c1C. The summed E-state index contributed by atoms with van der Waals surface area (Å²) < 4.78 is 10.4. The van der Waals surface area contributed by atoms with Crippen LogP contribution in [0.5, 0.6) is 11.5 Å². The van der Waals surface area contributed by atoms with E-state index >= 15 is 0 Å². The van der Waals surface area contributed by atoms with Gasteiger partial charge in [-0.25, -0.2) is 0 Å². The fraction of sp³-hybridized carbons (Fsp3) is 0.400. The molecular formula is C10H15NO3. The van der Waals surface area contributed by atoms with E-state index in [1.165, 1.54) is 0 Å². The van der Waals surface area contributed by atoms with E-state index in [-0.39, 0.29) is 13.2 Å². The zero-order valence-corrected chi connectivity index (χ0v) is 8.41. The van der Waals surface area contributed by atoms with Crippen LogP contribution in [0.4, 0.5) is 5.69 Å². The van der Waals surface area contributed by atoms with Crippen LogP contribution in [0.15, 0.2) is 12.1 Å². The summed E-state index contributed by atoms with van der Waals surface area (Å²) >= 11 is 0. The van der Waals surface area contributed by atoms with Crippen LogP contribution in [0, 0.1) is 6.92 Å². The molecule has 0 aliphatic rings. The molecule has 0 atom stereocenters. The number of hydrogen-bond donors (Lipinski definition) is 2. The fourth-order valence-electron chi connectivity index (χ4n) is 1.25. The van der Waals surface area contributed by atoms with Gasteiger partial charge >= 0.3 is 0 Å². The summed E-state index contributed by atoms with van der Waals surface area (Å²) in [4.78, 5) is 0. The second kappa shape index (κ2) is 4.72. The summed E-state index contributed by atoms with van der Waals surface area (Å²) in [6.45, 7) is 2.07. The van der Waals surface area contributed by atoms with E-state index in [1.54, 1.807) is 19.2 Å². The van der Waals surface area contributed by atoms with Gasteiger partial charge in [0.15, 0.2) is 0 Å². The lowest BCUT2D eigenvalue weighted by atomic mass is 10.1. The predicted octanol–water partition coefficient (Wildman–Crippen LogP) is 0.957. The number of benzene rings is 1. The summed E-state index contributed by atoms with van der Waals surface area (Å²) in [6, 6.07) is 3.51. The van der Waals surface area contributed by atoms with Gasteiger partial charge in [-0.2, -0.15) is 0 Å². The zero-order chi connectivity index (χ0) is 10.6. The van der Waals surface area contributed by atoms with Crippen LogP contribution in [0.3, 0.4) is 0 Å². The third kappa shape index (κ3) is 2.09. The second-order valence-electron chi connectivity index (χ2n) is 2.88. The number of hydrogen-bond acceptors (Lipinski definition) is 4. The minimum absolute atomic E-state index is 0.0317. The quantitative estimate of drug-likeness (QED) is 0.705. The third-order valence-electron chi connectivity index (χ3n) is 1.94. The molecule has 0 saturated carbocycles. The summed E-state index contributed by atoms with van der Waals surface area (Å²) in [5, 5.41) is 8.64. The Labute approximate surface area is 83.3 Å². The maximum atomic E-state index is 8.64. The first-order valence-corrected chi connectivity index (χ1v) is 4.37. The summed E-state index contributed by atoms with van der Waals surface area (Å²) in [6.07, 6.45) is 0. The molecule has 0 aliphatic heterocycles. The molecule has 0 unspecified atom stereocenters. The molecular weight excluding hydrogens is 182 g/mol. The van der Waals surface area contributed by atoms with Gasteiger partial charge in [0.2, 0.25) is 0 Å². The number of methoxy groups -OCH3 is 1. The maximum Gasteiger partial charge on any atom is 0.148 e. The van der Waals surface area contributed by atoms with Gasteiger partial charge in [-0.3, -0.25) is 0 Å². The number of ether oxygens (including phenoxy) is 2. The van der Waals surface area contributed by atoms with Crippen LogP contribution < -0.4 is 15.2 Å². The Bertz CT molecular complexity index is 312. The highest BCUT2D eigenvalue weighted by molar-refractivity contribution is 5.61. The van der Waals surface area contributed by atoms with Crippen LogP contribution in [0.1, 0.15) is 5.56 Å². The van der Waals surface area contributed by atoms with E-state index in [4.69, 9.17) is 20.3 Å². The normalized spacial score (nSPS) is 9.93. The Morgan fingerprint density at radius 1 is 1.43 bits per heavy atom. The van der Waals surface area contributed by atoms with Crippen molar-refractivity contribution in [1.29, 1.82) is 0 Å². The Morgan fingerprint density at radius 3 is 2.71 bits per heavy atom. The van der Waals surface area contributed by atoms with Crippen molar-refractivity contribution in [2.45, 2.75) is 6.92 Å². The van der Waals surface area contributed by atoms with Gasteiger partial charge in [0.25, 0.3) is 0 Å². The highest BCUT2D eigenvalue weighted by Gasteiger charge is 2.09. The highest BCUT2D eigenvalue weighted by Crippen LogP contribution is 2.32. The first-order valence-electron chi connectivity index (χ1n) is 4.37. The summed E-state index contributed by atoms with van der Waals surface area (Å²) in [5.41, 5.74) is 7.12. The molecule has 1 rings (SSSR count). The molecule has 4 heteroatoms. The predicted molar refractivity (Wildman–Crippen MR) is 54.7 cm³/mol. The molecule has 1 aromatic carbocycles. The summed E-state index contributed by atoms with van der Waals surface area (Å²) in [7, 11) is 1.59. The van der Waals surface area contributed by atoms with Crippen molar-refractivity contribution in [2.24, 2.45) is 0 Å². The van der Waals surface area contributed by atoms with Crippen LogP contribution in [0.25, 0.3) is 0 Å². The van der Waals surface area contributed by atoms with Crippen LogP contribution in [0.2, 0.25) is 0 Å². The zero-order valence-electron chi connectivity index (χ0n) is 8.41. The number of aliphatic hydroxyl groups is 1. The van der Waals surface area contributed by atoms with Gasteiger partial charge in [-0.05, 0) is 19.1 Å². The topological polar surface area (TPSA) is 64.7 Å². The Hall–Kier alpha value is -1.42. The van der Waals surface area contributed by atoms with Gasteiger partial charge in [0.05, 0.1) is 19.4 Å². The van der Waals surface area contributed by atoms with Gasteiger partial charge in [-0.1, -0.05) is 0 Å². The molecule has 0 radical (unpaired) electrons. The van der Waals surface area contributed by atoms with E-state index in [0.717, 1.165) is 11.3 Å². The van der Waals surface area contributed by atoms with Crippen LogP contribution in [-0.2, 0) is 0 Å². The molecule has 4 nitrogen and oxygen atoms in total. The lowest BCUT2D eigenvalue weighted by molar-refractivity contribution is 0.201. The van der Waals surface area contributed by atoms with Crippen molar-refractivity contribution in [3.8, 4) is 11.5 Å². The molecule has 14 heavy (non-hydrogen) atoms. The number of aliphatic hydroxyl groups excluding tert-OH is 1. The fourth-order valence-corrected chi connectivity index (χ4v) is 1.25. The molecule has 0 heterocycles. The standard InChI is InChI=1S/C10H15NO3/c1-7-9(13-2)4-3-8(11)10(7)14-6-5-12/h3-4,12H,5-6,11H2,1-2H3. The van der Waals surface area contributed by atoms with E-state index in [0.29, 0.717) is 11.4 Å². The molecule has 78 valence electrons. The Kier molecular flexibility index (Phi) is 3.59. The number of nitrogen functional groups attached to an aromatic ring is 1. The summed E-state index contributed by atoms with van der Waals surface area (Å²) in [5.74, 6) is 1.31. The maximum absolute atomic E-state index is 8.64. The second-order valence-corrected chi connectivity index (χ2v) is 2.88. The van der Waals surface area contributed by atoms with E-state index in [1.807, 2.05) is 6.92 Å². The monoisotopic (exact) mass is 197 g/mol. The Morgan fingerprint density at radius 2 is 2.14 bits per heavy atom. The molecule has 0 aliphatic carbocycles. The van der Waals surface area contributed by atoms with Gasteiger partial charge in [0.1, 0.15) is 18.1 Å². The van der Waals surface area contributed by atoms with Crippen molar-refractivity contribution in [1.82, 2.24) is 0 Å². The minimum Gasteiger partial charge on any atom is -0.496 e. The van der Waals surface area contributed by atoms with Gasteiger partial charge in [0, 0.05) is 5.56 Å². The average Bonchev–Trinajstić information content (AvgIpc) is 2.18.